The van der Waals surface area contributed by atoms with Crippen LogP contribution in [0.2, 0.25) is 5.02 Å². The second-order valence-electron chi connectivity index (χ2n) is 3.55. The van der Waals surface area contributed by atoms with Crippen LogP contribution in [0.5, 0.6) is 5.75 Å². The largest absolute Gasteiger partial charge is 0.486 e. The number of Topliss-reactive ketones (excluding diaryl/α,β-unsaturated/α-hetero) is 1. The molecule has 0 aliphatic rings. The molecule has 1 rings (SSSR count). The summed E-state index contributed by atoms with van der Waals surface area (Å²) in [4.78, 5) is 11.0. The summed E-state index contributed by atoms with van der Waals surface area (Å²) in [5.74, 6) is -4.69. The van der Waals surface area contributed by atoms with Gasteiger partial charge in [0.1, 0.15) is 5.75 Å². The predicted molar refractivity (Wildman–Crippen MR) is 57.9 cm³/mol. The lowest BCUT2D eigenvalue weighted by molar-refractivity contribution is -0.148. The van der Waals surface area contributed by atoms with Gasteiger partial charge in [0.15, 0.2) is 12.4 Å². The Labute approximate surface area is 105 Å². The fraction of sp³-hybridized carbons (Fsp3) is 0.364. The van der Waals surface area contributed by atoms with Crippen molar-refractivity contribution >= 4 is 17.4 Å². The first-order valence-electron chi connectivity index (χ1n) is 4.83. The quantitative estimate of drug-likeness (QED) is 0.607. The summed E-state index contributed by atoms with van der Waals surface area (Å²) in [6.45, 7) is -0.180. The number of rotatable bonds is 5. The number of hydrogen-bond acceptors (Lipinski definition) is 2. The van der Waals surface area contributed by atoms with Gasteiger partial charge in [0.05, 0.1) is 5.02 Å². The third-order valence-corrected chi connectivity index (χ3v) is 2.37. The Bertz CT molecular complexity index is 449. The molecule has 0 aliphatic carbocycles. The molecule has 0 unspecified atom stereocenters. The Morgan fingerprint density at radius 3 is 2.50 bits per heavy atom. The number of ether oxygens (including phenoxy) is 1. The lowest BCUT2D eigenvalue weighted by Crippen LogP contribution is -2.33. The van der Waals surface area contributed by atoms with E-state index >= 15 is 0 Å². The van der Waals surface area contributed by atoms with Crippen LogP contribution in [0.4, 0.5) is 17.6 Å². The number of hydrogen-bond donors (Lipinski definition) is 0. The number of halogens is 5. The van der Waals surface area contributed by atoms with Gasteiger partial charge in [0.2, 0.25) is 0 Å². The smallest absolute Gasteiger partial charge is 0.340 e. The van der Waals surface area contributed by atoms with Gasteiger partial charge < -0.3 is 4.74 Å². The average Bonchev–Trinajstić information content (AvgIpc) is 2.26. The second-order valence-corrected chi connectivity index (χ2v) is 3.96. The minimum Gasteiger partial charge on any atom is -0.486 e. The highest BCUT2D eigenvalue weighted by molar-refractivity contribution is 6.32. The Morgan fingerprint density at radius 2 is 2.06 bits per heavy atom. The van der Waals surface area contributed by atoms with Crippen LogP contribution in [-0.4, -0.2) is 24.7 Å². The molecule has 0 amide bonds. The normalized spacial score (nSPS) is 11.7. The first kappa shape index (κ1) is 14.8. The van der Waals surface area contributed by atoms with Gasteiger partial charge in [0, 0.05) is 5.56 Å². The SMILES string of the molecule is CC(=O)c1ccc(OCC(F)(F)C(F)F)c(Cl)c1. The molecule has 0 N–H and O–H groups in total. The van der Waals surface area contributed by atoms with E-state index in [2.05, 4.69) is 4.74 Å². The molecule has 0 heterocycles. The molecule has 7 heteroatoms. The van der Waals surface area contributed by atoms with Crippen LogP contribution in [0, 0.1) is 0 Å². The van der Waals surface area contributed by atoms with Crippen molar-refractivity contribution in [3.05, 3.63) is 28.8 Å². The summed E-state index contributed by atoms with van der Waals surface area (Å²) >= 11 is 5.67. The fourth-order valence-corrected chi connectivity index (χ4v) is 1.31. The maximum atomic E-state index is 12.6. The number of benzene rings is 1. The summed E-state index contributed by atoms with van der Waals surface area (Å²) in [5.41, 5.74) is 0.271. The minimum atomic E-state index is -4.25. The summed E-state index contributed by atoms with van der Waals surface area (Å²) in [6, 6.07) is 3.71. The Hall–Kier alpha value is -1.30. The number of ketones is 1. The highest BCUT2D eigenvalue weighted by Crippen LogP contribution is 2.29. The van der Waals surface area contributed by atoms with Gasteiger partial charge in [0.25, 0.3) is 0 Å². The second kappa shape index (κ2) is 5.56. The summed E-state index contributed by atoms with van der Waals surface area (Å²) in [6.07, 6.45) is -3.81. The monoisotopic (exact) mass is 284 g/mol. The van der Waals surface area contributed by atoms with E-state index in [1.54, 1.807) is 0 Å². The van der Waals surface area contributed by atoms with Crippen molar-refractivity contribution in [2.45, 2.75) is 19.3 Å². The Morgan fingerprint density at radius 1 is 1.44 bits per heavy atom. The van der Waals surface area contributed by atoms with Crippen molar-refractivity contribution in [2.75, 3.05) is 6.61 Å². The van der Waals surface area contributed by atoms with E-state index in [4.69, 9.17) is 11.6 Å². The van der Waals surface area contributed by atoms with Crippen LogP contribution in [0.25, 0.3) is 0 Å². The van der Waals surface area contributed by atoms with Crippen LogP contribution in [0.15, 0.2) is 18.2 Å². The van der Waals surface area contributed by atoms with Gasteiger partial charge in [-0.1, -0.05) is 11.6 Å². The molecule has 0 spiro atoms. The molecule has 1 aromatic carbocycles. The first-order chi connectivity index (χ1) is 8.24. The highest BCUT2D eigenvalue weighted by Gasteiger charge is 2.41. The van der Waals surface area contributed by atoms with E-state index < -0.39 is 19.0 Å². The first-order valence-corrected chi connectivity index (χ1v) is 5.21. The molecule has 2 nitrogen and oxygen atoms in total. The lowest BCUT2D eigenvalue weighted by atomic mass is 10.1. The van der Waals surface area contributed by atoms with Crippen molar-refractivity contribution in [3.8, 4) is 5.75 Å². The average molecular weight is 285 g/mol. The molecule has 100 valence electrons. The Balaban J connectivity index is 2.78. The zero-order chi connectivity index (χ0) is 13.9. The van der Waals surface area contributed by atoms with E-state index in [-0.39, 0.29) is 22.1 Å². The number of alkyl halides is 4. The number of carbonyl (C=O) groups is 1. The molecular formula is C11H9ClF4O2. The van der Waals surface area contributed by atoms with Gasteiger partial charge in [-0.3, -0.25) is 4.79 Å². The minimum absolute atomic E-state index is 0.0900. The van der Waals surface area contributed by atoms with Crippen LogP contribution in [0.1, 0.15) is 17.3 Å². The van der Waals surface area contributed by atoms with Crippen LogP contribution >= 0.6 is 11.6 Å². The predicted octanol–water partition coefficient (Wildman–Crippen LogP) is 3.82. The van der Waals surface area contributed by atoms with Crippen molar-refractivity contribution in [1.82, 2.24) is 0 Å². The molecular weight excluding hydrogens is 276 g/mol. The van der Waals surface area contributed by atoms with E-state index in [1.165, 1.54) is 25.1 Å². The third-order valence-electron chi connectivity index (χ3n) is 2.08. The third kappa shape index (κ3) is 3.60. The Kier molecular flexibility index (Phi) is 4.56. The zero-order valence-corrected chi connectivity index (χ0v) is 9.98. The van der Waals surface area contributed by atoms with Gasteiger partial charge in [-0.05, 0) is 25.1 Å². The maximum absolute atomic E-state index is 12.6. The maximum Gasteiger partial charge on any atom is 0.340 e. The molecule has 0 saturated heterocycles. The van der Waals surface area contributed by atoms with E-state index in [0.717, 1.165) is 0 Å². The molecule has 0 radical (unpaired) electrons. The van der Waals surface area contributed by atoms with E-state index in [9.17, 15) is 22.4 Å². The molecule has 0 aliphatic heterocycles. The molecule has 1 aromatic rings. The van der Waals surface area contributed by atoms with Gasteiger partial charge in [-0.25, -0.2) is 8.78 Å². The van der Waals surface area contributed by atoms with Gasteiger partial charge in [-0.15, -0.1) is 0 Å². The molecule has 0 saturated carbocycles. The summed E-state index contributed by atoms with van der Waals surface area (Å²) in [5, 5.41) is -0.0900. The lowest BCUT2D eigenvalue weighted by Gasteiger charge is -2.16. The van der Waals surface area contributed by atoms with Crippen LogP contribution in [-0.2, 0) is 0 Å². The molecule has 0 aromatic heterocycles. The van der Waals surface area contributed by atoms with E-state index in [1.807, 2.05) is 0 Å². The summed E-state index contributed by atoms with van der Waals surface area (Å²) < 4.78 is 53.5. The highest BCUT2D eigenvalue weighted by atomic mass is 35.5. The standard InChI is InChI=1S/C11H9ClF4O2/c1-6(17)7-2-3-9(8(12)4-7)18-5-11(15,16)10(13)14/h2-4,10H,5H2,1H3. The summed E-state index contributed by atoms with van der Waals surface area (Å²) in [7, 11) is 0. The topological polar surface area (TPSA) is 26.3 Å². The molecule has 0 atom stereocenters. The van der Waals surface area contributed by atoms with E-state index in [0.29, 0.717) is 0 Å². The van der Waals surface area contributed by atoms with Crippen molar-refractivity contribution in [1.29, 1.82) is 0 Å². The molecule has 0 bridgehead atoms. The fourth-order valence-electron chi connectivity index (χ4n) is 1.07. The number of carbonyl (C=O) groups excluding carboxylic acids is 1. The van der Waals surface area contributed by atoms with Crippen LogP contribution in [0.3, 0.4) is 0 Å². The van der Waals surface area contributed by atoms with Crippen molar-refractivity contribution < 1.29 is 27.1 Å². The van der Waals surface area contributed by atoms with Crippen molar-refractivity contribution in [2.24, 2.45) is 0 Å². The zero-order valence-electron chi connectivity index (χ0n) is 9.22. The van der Waals surface area contributed by atoms with Gasteiger partial charge >= 0.3 is 12.3 Å². The molecule has 0 fully saturated rings. The van der Waals surface area contributed by atoms with Crippen LogP contribution < -0.4 is 4.74 Å². The van der Waals surface area contributed by atoms with Gasteiger partial charge in [-0.2, -0.15) is 8.78 Å². The molecule has 18 heavy (non-hydrogen) atoms. The van der Waals surface area contributed by atoms with Crippen molar-refractivity contribution in [3.63, 3.8) is 0 Å².